The minimum atomic E-state index is -4.38. The molecule has 0 fully saturated rings. The minimum Gasteiger partial charge on any atom is -0.345 e. The van der Waals surface area contributed by atoms with Crippen molar-refractivity contribution in [1.29, 1.82) is 0 Å². The third-order valence-electron chi connectivity index (χ3n) is 4.71. The molecule has 3 rings (SSSR count). The molecular weight excluding hydrogens is 470 g/mol. The van der Waals surface area contributed by atoms with Crippen LogP contribution in [0.15, 0.2) is 45.4 Å². The van der Waals surface area contributed by atoms with Gasteiger partial charge in [0.25, 0.3) is 5.56 Å². The molecule has 2 heterocycles. The number of aromatic amines is 1. The summed E-state index contributed by atoms with van der Waals surface area (Å²) in [6.07, 6.45) is 2.42. The van der Waals surface area contributed by atoms with Crippen molar-refractivity contribution in [1.82, 2.24) is 19.9 Å². The molecule has 0 radical (unpaired) electrons. The highest BCUT2D eigenvalue weighted by Gasteiger charge is 2.20. The Bertz CT molecular complexity index is 1360. The molecule has 1 unspecified atom stereocenters. The molecule has 11 nitrogen and oxygen atoms in total. The summed E-state index contributed by atoms with van der Waals surface area (Å²) in [4.78, 5) is 43.0. The van der Waals surface area contributed by atoms with Crippen molar-refractivity contribution in [3.05, 3.63) is 78.5 Å². The van der Waals surface area contributed by atoms with Gasteiger partial charge in [0, 0.05) is 17.1 Å². The van der Waals surface area contributed by atoms with E-state index in [1.54, 1.807) is 12.1 Å². The van der Waals surface area contributed by atoms with Crippen LogP contribution in [0.2, 0.25) is 0 Å². The van der Waals surface area contributed by atoms with Gasteiger partial charge in [-0.05, 0) is 37.5 Å². The Balaban J connectivity index is 1.80. The Kier molecular flexibility index (Phi) is 7.46. The van der Waals surface area contributed by atoms with Crippen LogP contribution in [-0.2, 0) is 34.5 Å². The summed E-state index contributed by atoms with van der Waals surface area (Å²) in [5.41, 5.74) is 0.987. The molecule has 0 aliphatic rings. The van der Waals surface area contributed by atoms with Crippen LogP contribution in [0.1, 0.15) is 34.8 Å². The van der Waals surface area contributed by atoms with E-state index in [0.717, 1.165) is 22.2 Å². The number of rotatable bonds is 9. The highest BCUT2D eigenvalue weighted by molar-refractivity contribution is 7.87. The van der Waals surface area contributed by atoms with Gasteiger partial charge >= 0.3 is 16.0 Å². The van der Waals surface area contributed by atoms with Crippen LogP contribution in [0.4, 0.5) is 5.69 Å². The zero-order valence-corrected chi connectivity index (χ0v) is 19.5. The smallest absolute Gasteiger partial charge is 0.345 e. The summed E-state index contributed by atoms with van der Waals surface area (Å²) in [6, 6.07) is 5.81. The average Bonchev–Trinajstić information content (AvgIpc) is 3.21. The lowest BCUT2D eigenvalue weighted by Gasteiger charge is -2.18. The molecule has 0 bridgehead atoms. The molecule has 1 aromatic carbocycles. The van der Waals surface area contributed by atoms with Crippen molar-refractivity contribution < 1.29 is 17.8 Å². The molecule has 3 aromatic rings. The maximum atomic E-state index is 12.7. The molecule has 4 N–H and O–H groups in total. The van der Waals surface area contributed by atoms with Gasteiger partial charge in [-0.3, -0.25) is 28.4 Å². The number of thiazole rings is 1. The summed E-state index contributed by atoms with van der Waals surface area (Å²) in [7, 11) is -4.38. The Morgan fingerprint density at radius 1 is 1.27 bits per heavy atom. The zero-order chi connectivity index (χ0) is 24.2. The van der Waals surface area contributed by atoms with Crippen molar-refractivity contribution in [3.63, 3.8) is 0 Å². The SMILES string of the molecule is CCc1csc(C(Cc2ccc(NS(=O)(=O)O)cc2)NC(=O)Cn2cc(C)c(=O)[nH]c2=O)n1. The van der Waals surface area contributed by atoms with Gasteiger partial charge in [0.2, 0.25) is 5.91 Å². The Morgan fingerprint density at radius 2 is 1.97 bits per heavy atom. The number of aromatic nitrogens is 3. The van der Waals surface area contributed by atoms with Gasteiger partial charge in [-0.2, -0.15) is 8.42 Å². The normalized spacial score (nSPS) is 12.3. The van der Waals surface area contributed by atoms with E-state index in [0.29, 0.717) is 17.0 Å². The average molecular weight is 494 g/mol. The molecule has 0 saturated heterocycles. The van der Waals surface area contributed by atoms with Gasteiger partial charge in [0.1, 0.15) is 11.6 Å². The molecule has 0 aliphatic heterocycles. The largest absolute Gasteiger partial charge is 0.357 e. The van der Waals surface area contributed by atoms with Gasteiger partial charge in [0.05, 0.1) is 17.4 Å². The van der Waals surface area contributed by atoms with Gasteiger partial charge in [-0.1, -0.05) is 19.1 Å². The lowest BCUT2D eigenvalue weighted by molar-refractivity contribution is -0.122. The zero-order valence-electron chi connectivity index (χ0n) is 17.9. The first-order chi connectivity index (χ1) is 15.5. The van der Waals surface area contributed by atoms with E-state index >= 15 is 0 Å². The Hall–Kier alpha value is -3.29. The number of carbonyl (C=O) groups excluding carboxylic acids is 1. The first-order valence-corrected chi connectivity index (χ1v) is 12.2. The van der Waals surface area contributed by atoms with E-state index in [2.05, 4.69) is 15.3 Å². The Morgan fingerprint density at radius 3 is 2.58 bits per heavy atom. The van der Waals surface area contributed by atoms with E-state index in [1.165, 1.54) is 36.6 Å². The molecular formula is C20H23N5O6S2. The van der Waals surface area contributed by atoms with Gasteiger partial charge in [0.15, 0.2) is 0 Å². The van der Waals surface area contributed by atoms with E-state index in [9.17, 15) is 22.8 Å². The third-order valence-corrected chi connectivity index (χ3v) is 6.21. The maximum Gasteiger partial charge on any atom is 0.357 e. The first-order valence-electron chi connectivity index (χ1n) is 9.92. The third kappa shape index (κ3) is 6.84. The molecule has 176 valence electrons. The molecule has 0 aliphatic carbocycles. The van der Waals surface area contributed by atoms with Crippen LogP contribution in [-0.4, -0.2) is 33.4 Å². The van der Waals surface area contributed by atoms with Crippen molar-refractivity contribution in [2.45, 2.75) is 39.3 Å². The van der Waals surface area contributed by atoms with Crippen molar-refractivity contribution in [2.75, 3.05) is 4.72 Å². The number of aryl methyl sites for hydroxylation is 2. The quantitative estimate of drug-likeness (QED) is 0.325. The van der Waals surface area contributed by atoms with Crippen LogP contribution < -0.4 is 21.3 Å². The molecule has 0 spiro atoms. The highest BCUT2D eigenvalue weighted by atomic mass is 32.2. The molecule has 0 saturated carbocycles. The van der Waals surface area contributed by atoms with E-state index < -0.39 is 33.5 Å². The summed E-state index contributed by atoms with van der Waals surface area (Å²) in [5.74, 6) is -0.438. The second-order valence-corrected chi connectivity index (χ2v) is 9.37. The fraction of sp³-hybridized carbons (Fsp3) is 0.300. The number of hydrogen-bond acceptors (Lipinski definition) is 7. The predicted octanol–water partition coefficient (Wildman–Crippen LogP) is 1.18. The molecule has 1 amide bonds. The molecule has 33 heavy (non-hydrogen) atoms. The fourth-order valence-corrected chi connectivity index (χ4v) is 4.46. The monoisotopic (exact) mass is 493 g/mol. The van der Waals surface area contributed by atoms with Crippen LogP contribution in [0.3, 0.4) is 0 Å². The summed E-state index contributed by atoms with van der Waals surface area (Å²) in [5, 5.41) is 5.48. The lowest BCUT2D eigenvalue weighted by atomic mass is 10.1. The Labute approximate surface area is 193 Å². The van der Waals surface area contributed by atoms with Crippen LogP contribution in [0.5, 0.6) is 0 Å². The standard InChI is InChI=1S/C20H23N5O6S2/c1-3-14-11-32-19(21-14)16(8-13-4-6-15(7-5-13)24-33(29,30)31)22-17(26)10-25-9-12(2)18(27)23-20(25)28/h4-7,9,11,16,24H,3,8,10H2,1-2H3,(H,22,26)(H,23,27,28)(H,29,30,31). The highest BCUT2D eigenvalue weighted by Crippen LogP contribution is 2.23. The second kappa shape index (κ2) is 10.1. The van der Waals surface area contributed by atoms with Crippen LogP contribution in [0.25, 0.3) is 0 Å². The molecule has 2 aromatic heterocycles. The van der Waals surface area contributed by atoms with Crippen molar-refractivity contribution in [3.8, 4) is 0 Å². The van der Waals surface area contributed by atoms with Gasteiger partial charge in [-0.15, -0.1) is 11.3 Å². The lowest BCUT2D eigenvalue weighted by Crippen LogP contribution is -2.38. The summed E-state index contributed by atoms with van der Waals surface area (Å²) in [6.45, 7) is 3.23. The number of nitrogens with one attached hydrogen (secondary N) is 3. The second-order valence-electron chi connectivity index (χ2n) is 7.33. The van der Waals surface area contributed by atoms with Crippen molar-refractivity contribution >= 4 is 33.2 Å². The summed E-state index contributed by atoms with van der Waals surface area (Å²) >= 11 is 1.40. The molecule has 1 atom stereocenters. The van der Waals surface area contributed by atoms with E-state index in [-0.39, 0.29) is 12.2 Å². The van der Waals surface area contributed by atoms with E-state index in [4.69, 9.17) is 4.55 Å². The predicted molar refractivity (Wildman–Crippen MR) is 124 cm³/mol. The van der Waals surface area contributed by atoms with Crippen molar-refractivity contribution in [2.24, 2.45) is 0 Å². The summed E-state index contributed by atoms with van der Waals surface area (Å²) < 4.78 is 33.9. The number of benzene rings is 1. The number of anilines is 1. The topological polar surface area (TPSA) is 163 Å². The van der Waals surface area contributed by atoms with Gasteiger partial charge in [-0.25, -0.2) is 9.78 Å². The maximum absolute atomic E-state index is 12.7. The minimum absolute atomic E-state index is 0.192. The number of amides is 1. The fourth-order valence-electron chi connectivity index (χ4n) is 3.07. The van der Waals surface area contributed by atoms with E-state index in [1.807, 2.05) is 17.0 Å². The number of hydrogen-bond donors (Lipinski definition) is 4. The number of nitrogens with zero attached hydrogens (tertiary/aromatic N) is 2. The number of carbonyl (C=O) groups is 1. The first kappa shape index (κ1) is 24.4. The van der Waals surface area contributed by atoms with Gasteiger partial charge < -0.3 is 5.32 Å². The van der Waals surface area contributed by atoms with Crippen LogP contribution in [0, 0.1) is 6.92 Å². The molecule has 13 heteroatoms. The van der Waals surface area contributed by atoms with Crippen LogP contribution >= 0.6 is 11.3 Å². The number of H-pyrrole nitrogens is 1.